The van der Waals surface area contributed by atoms with E-state index >= 15 is 0 Å². The van der Waals surface area contributed by atoms with Crippen LogP contribution < -0.4 is 10.9 Å². The van der Waals surface area contributed by atoms with E-state index in [4.69, 9.17) is 0 Å². The molecule has 3 aromatic rings. The second-order valence-electron chi connectivity index (χ2n) is 6.09. The van der Waals surface area contributed by atoms with Crippen molar-refractivity contribution in [1.82, 2.24) is 10.9 Å². The lowest BCUT2D eigenvalue weighted by Gasteiger charge is -2.18. The average molecular weight is 362 g/mol. The standard InChI is InChI=1S/C22H19FN2O2/c23-19-13-11-18(12-14-19)22(27)25-24-21(26)15-20(16-7-3-1-4-8-16)17-9-5-2-6-10-17/h1-14,20H,15H2,(H,24,26)(H,25,27). The third kappa shape index (κ3) is 5.01. The summed E-state index contributed by atoms with van der Waals surface area (Å²) >= 11 is 0. The number of carbonyl (C=O) groups excluding carboxylic acids is 2. The number of rotatable bonds is 5. The molecule has 0 atom stereocenters. The highest BCUT2D eigenvalue weighted by molar-refractivity contribution is 5.95. The van der Waals surface area contributed by atoms with Crippen molar-refractivity contribution in [2.45, 2.75) is 12.3 Å². The van der Waals surface area contributed by atoms with Crippen LogP contribution in [0.1, 0.15) is 33.8 Å². The minimum Gasteiger partial charge on any atom is -0.273 e. The Hall–Kier alpha value is -3.47. The van der Waals surface area contributed by atoms with Crippen LogP contribution in [-0.4, -0.2) is 11.8 Å². The molecule has 2 N–H and O–H groups in total. The van der Waals surface area contributed by atoms with Crippen molar-refractivity contribution in [3.8, 4) is 0 Å². The Bertz CT molecular complexity index is 857. The molecule has 136 valence electrons. The van der Waals surface area contributed by atoms with Crippen LogP contribution in [0.4, 0.5) is 4.39 Å². The van der Waals surface area contributed by atoms with Gasteiger partial charge in [-0.05, 0) is 35.4 Å². The van der Waals surface area contributed by atoms with E-state index in [1.807, 2.05) is 60.7 Å². The van der Waals surface area contributed by atoms with Gasteiger partial charge in [0.05, 0.1) is 0 Å². The van der Waals surface area contributed by atoms with E-state index in [2.05, 4.69) is 10.9 Å². The molecule has 4 nitrogen and oxygen atoms in total. The van der Waals surface area contributed by atoms with Crippen LogP contribution in [-0.2, 0) is 4.79 Å². The Labute approximate surface area is 157 Å². The van der Waals surface area contributed by atoms with Crippen LogP contribution in [0.3, 0.4) is 0 Å². The van der Waals surface area contributed by atoms with Crippen molar-refractivity contribution in [1.29, 1.82) is 0 Å². The topological polar surface area (TPSA) is 58.2 Å². The number of hydrogen-bond donors (Lipinski definition) is 2. The van der Waals surface area contributed by atoms with Gasteiger partial charge in [-0.2, -0.15) is 0 Å². The number of hydrogen-bond acceptors (Lipinski definition) is 2. The first-order valence-electron chi connectivity index (χ1n) is 8.58. The van der Waals surface area contributed by atoms with Gasteiger partial charge in [-0.1, -0.05) is 60.7 Å². The molecule has 0 heterocycles. The minimum absolute atomic E-state index is 0.130. The molecule has 2 amide bonds. The van der Waals surface area contributed by atoms with Gasteiger partial charge >= 0.3 is 0 Å². The molecule has 0 spiro atoms. The molecule has 0 saturated heterocycles. The van der Waals surface area contributed by atoms with Crippen molar-refractivity contribution in [3.05, 3.63) is 107 Å². The molecule has 3 aromatic carbocycles. The summed E-state index contributed by atoms with van der Waals surface area (Å²) in [5, 5.41) is 0. The first kappa shape index (κ1) is 18.3. The second kappa shape index (κ2) is 8.76. The van der Waals surface area contributed by atoms with Gasteiger partial charge in [0.1, 0.15) is 5.82 Å². The normalized spacial score (nSPS) is 10.4. The number of halogens is 1. The Morgan fingerprint density at radius 2 is 1.26 bits per heavy atom. The molecule has 5 heteroatoms. The molecule has 3 rings (SSSR count). The molecule has 27 heavy (non-hydrogen) atoms. The summed E-state index contributed by atoms with van der Waals surface area (Å²) in [4.78, 5) is 24.4. The Morgan fingerprint density at radius 1 is 0.741 bits per heavy atom. The summed E-state index contributed by atoms with van der Waals surface area (Å²) in [6, 6.07) is 24.6. The van der Waals surface area contributed by atoms with E-state index < -0.39 is 11.7 Å². The summed E-state index contributed by atoms with van der Waals surface area (Å²) in [6.45, 7) is 0. The smallest absolute Gasteiger partial charge is 0.269 e. The first-order chi connectivity index (χ1) is 13.1. The third-order valence-corrected chi connectivity index (χ3v) is 4.22. The van der Waals surface area contributed by atoms with E-state index in [0.717, 1.165) is 11.1 Å². The van der Waals surface area contributed by atoms with Gasteiger partial charge in [0.2, 0.25) is 5.91 Å². The zero-order chi connectivity index (χ0) is 19.1. The predicted octanol–water partition coefficient (Wildman–Crippen LogP) is 3.81. The fourth-order valence-electron chi connectivity index (χ4n) is 2.84. The van der Waals surface area contributed by atoms with Gasteiger partial charge in [-0.25, -0.2) is 4.39 Å². The lowest BCUT2D eigenvalue weighted by molar-refractivity contribution is -0.122. The van der Waals surface area contributed by atoms with Crippen LogP contribution in [0.25, 0.3) is 0 Å². The highest BCUT2D eigenvalue weighted by Gasteiger charge is 2.18. The first-order valence-corrected chi connectivity index (χ1v) is 8.58. The number of amides is 2. The van der Waals surface area contributed by atoms with Gasteiger partial charge < -0.3 is 0 Å². The van der Waals surface area contributed by atoms with Crippen molar-refractivity contribution in [2.24, 2.45) is 0 Å². The summed E-state index contributed by atoms with van der Waals surface area (Å²) in [7, 11) is 0. The van der Waals surface area contributed by atoms with Crippen molar-refractivity contribution >= 4 is 11.8 Å². The van der Waals surface area contributed by atoms with Crippen molar-refractivity contribution < 1.29 is 14.0 Å². The van der Waals surface area contributed by atoms with Crippen LogP contribution in [0.2, 0.25) is 0 Å². The fourth-order valence-corrected chi connectivity index (χ4v) is 2.84. The van der Waals surface area contributed by atoms with E-state index in [0.29, 0.717) is 0 Å². The van der Waals surface area contributed by atoms with Crippen molar-refractivity contribution in [2.75, 3.05) is 0 Å². The van der Waals surface area contributed by atoms with E-state index in [9.17, 15) is 14.0 Å². The molecule has 0 fully saturated rings. The molecule has 0 unspecified atom stereocenters. The molecule has 0 aliphatic carbocycles. The number of carbonyl (C=O) groups is 2. The Morgan fingerprint density at radius 3 is 1.78 bits per heavy atom. The fraction of sp³-hybridized carbons (Fsp3) is 0.0909. The summed E-state index contributed by atoms with van der Waals surface area (Å²) in [5.74, 6) is -1.37. The van der Waals surface area contributed by atoms with Crippen LogP contribution in [0.5, 0.6) is 0 Å². The van der Waals surface area contributed by atoms with E-state index in [1.165, 1.54) is 24.3 Å². The SMILES string of the molecule is O=C(CC(c1ccccc1)c1ccccc1)NNC(=O)c1ccc(F)cc1. The van der Waals surface area contributed by atoms with E-state index in [1.54, 1.807) is 0 Å². The number of hydrazine groups is 1. The second-order valence-corrected chi connectivity index (χ2v) is 6.09. The highest BCUT2D eigenvalue weighted by Crippen LogP contribution is 2.27. The molecular weight excluding hydrogens is 343 g/mol. The molecule has 0 aliphatic heterocycles. The average Bonchev–Trinajstić information content (AvgIpc) is 2.72. The molecular formula is C22H19FN2O2. The van der Waals surface area contributed by atoms with Gasteiger partial charge in [0.25, 0.3) is 5.91 Å². The van der Waals surface area contributed by atoms with Gasteiger partial charge in [0, 0.05) is 17.9 Å². The van der Waals surface area contributed by atoms with Crippen molar-refractivity contribution in [3.63, 3.8) is 0 Å². The Kier molecular flexibility index (Phi) is 5.94. The lowest BCUT2D eigenvalue weighted by atomic mass is 9.88. The van der Waals surface area contributed by atoms with Gasteiger partial charge in [-0.3, -0.25) is 20.4 Å². The summed E-state index contributed by atoms with van der Waals surface area (Å²) in [5.41, 5.74) is 7.10. The summed E-state index contributed by atoms with van der Waals surface area (Å²) in [6.07, 6.45) is 0.178. The molecule has 0 bridgehead atoms. The Balaban J connectivity index is 1.66. The maximum atomic E-state index is 12.9. The maximum Gasteiger partial charge on any atom is 0.269 e. The zero-order valence-corrected chi connectivity index (χ0v) is 14.6. The number of benzene rings is 3. The van der Waals surface area contributed by atoms with Crippen LogP contribution in [0.15, 0.2) is 84.9 Å². The quantitative estimate of drug-likeness (QED) is 0.678. The molecule has 0 radical (unpaired) electrons. The van der Waals surface area contributed by atoms with E-state index in [-0.39, 0.29) is 23.8 Å². The highest BCUT2D eigenvalue weighted by atomic mass is 19.1. The number of nitrogens with one attached hydrogen (secondary N) is 2. The monoisotopic (exact) mass is 362 g/mol. The molecule has 0 aliphatic rings. The zero-order valence-electron chi connectivity index (χ0n) is 14.6. The predicted molar refractivity (Wildman–Crippen MR) is 101 cm³/mol. The van der Waals surface area contributed by atoms with Gasteiger partial charge in [-0.15, -0.1) is 0 Å². The third-order valence-electron chi connectivity index (χ3n) is 4.22. The largest absolute Gasteiger partial charge is 0.273 e. The summed E-state index contributed by atoms with van der Waals surface area (Å²) < 4.78 is 12.9. The maximum absolute atomic E-state index is 12.9. The lowest BCUT2D eigenvalue weighted by Crippen LogP contribution is -2.42. The van der Waals surface area contributed by atoms with Gasteiger partial charge in [0.15, 0.2) is 0 Å². The van der Waals surface area contributed by atoms with Crippen LogP contribution in [0, 0.1) is 5.82 Å². The molecule has 0 saturated carbocycles. The van der Waals surface area contributed by atoms with Crippen LogP contribution >= 0.6 is 0 Å². The minimum atomic E-state index is -0.501. The molecule has 0 aromatic heterocycles.